The van der Waals surface area contributed by atoms with Gasteiger partial charge in [0.2, 0.25) is 0 Å². The minimum Gasteiger partial charge on any atom is -0.439 e. The number of carbonyl (C=O) groups excluding carboxylic acids is 2. The molecule has 0 radical (unpaired) electrons. The Bertz CT molecular complexity index is 911. The van der Waals surface area contributed by atoms with Crippen LogP contribution in [0.25, 0.3) is 10.9 Å². The van der Waals surface area contributed by atoms with E-state index in [2.05, 4.69) is 4.98 Å². The molecule has 2 aliphatic heterocycles. The van der Waals surface area contributed by atoms with E-state index in [9.17, 15) is 9.59 Å². The molecule has 0 N–H and O–H groups in total. The van der Waals surface area contributed by atoms with Crippen molar-refractivity contribution >= 4 is 22.9 Å². The Morgan fingerprint density at radius 3 is 2.81 bits per heavy atom. The molecule has 0 unspecified atom stereocenters. The fourth-order valence-corrected chi connectivity index (χ4v) is 4.14. The second-order valence-corrected chi connectivity index (χ2v) is 7.52. The molecule has 1 aromatic carbocycles. The molecule has 2 fully saturated rings. The lowest BCUT2D eigenvalue weighted by molar-refractivity contribution is -0.00514. The molecular weight excluding hydrogens is 330 g/mol. The average molecular weight is 353 g/mol. The predicted molar refractivity (Wildman–Crippen MR) is 98.2 cm³/mol. The van der Waals surface area contributed by atoms with Crippen LogP contribution in [0.15, 0.2) is 24.3 Å². The molecule has 0 saturated carbocycles. The summed E-state index contributed by atoms with van der Waals surface area (Å²) in [6.07, 6.45) is 1.32. The molecule has 2 saturated heterocycles. The molecule has 4 rings (SSSR count). The van der Waals surface area contributed by atoms with Crippen LogP contribution in [-0.2, 0) is 4.74 Å². The zero-order valence-electron chi connectivity index (χ0n) is 15.4. The van der Waals surface area contributed by atoms with Gasteiger partial charge in [-0.2, -0.15) is 0 Å². The number of piperidine rings is 1. The van der Waals surface area contributed by atoms with Crippen molar-refractivity contribution in [3.05, 3.63) is 41.1 Å². The van der Waals surface area contributed by atoms with E-state index >= 15 is 0 Å². The van der Waals surface area contributed by atoms with Crippen LogP contribution in [0.2, 0.25) is 0 Å². The van der Waals surface area contributed by atoms with E-state index in [1.165, 1.54) is 0 Å². The monoisotopic (exact) mass is 353 g/mol. The molecule has 2 amide bonds. The van der Waals surface area contributed by atoms with Gasteiger partial charge in [-0.05, 0) is 38.3 Å². The third-order valence-electron chi connectivity index (χ3n) is 5.37. The molecule has 0 bridgehead atoms. The minimum absolute atomic E-state index is 0.0178. The summed E-state index contributed by atoms with van der Waals surface area (Å²) in [5.41, 5.74) is 2.85. The van der Waals surface area contributed by atoms with Crippen molar-refractivity contribution in [1.29, 1.82) is 0 Å². The molecular formula is C20H23N3O3. The molecule has 1 aromatic heterocycles. The second kappa shape index (κ2) is 5.97. The highest BCUT2D eigenvalue weighted by Gasteiger charge is 2.47. The second-order valence-electron chi connectivity index (χ2n) is 7.52. The number of hydrogen-bond donors (Lipinski definition) is 0. The number of likely N-dealkylation sites (N-methyl/N-ethyl adjacent to an activating group) is 1. The highest BCUT2D eigenvalue weighted by molar-refractivity contribution is 6.06. The number of pyridine rings is 1. The zero-order chi connectivity index (χ0) is 18.5. The average Bonchev–Trinajstić information content (AvgIpc) is 2.87. The first-order chi connectivity index (χ1) is 12.4. The van der Waals surface area contributed by atoms with Crippen molar-refractivity contribution in [2.75, 3.05) is 26.7 Å². The Kier molecular flexibility index (Phi) is 3.86. The highest BCUT2D eigenvalue weighted by atomic mass is 16.6. The fourth-order valence-electron chi connectivity index (χ4n) is 4.14. The molecule has 1 spiro atoms. The number of rotatable bonds is 1. The Morgan fingerprint density at radius 1 is 1.27 bits per heavy atom. The first-order valence-corrected chi connectivity index (χ1v) is 8.99. The van der Waals surface area contributed by atoms with Crippen molar-refractivity contribution in [2.24, 2.45) is 0 Å². The fraction of sp³-hybridized carbons (Fsp3) is 0.450. The van der Waals surface area contributed by atoms with Crippen molar-refractivity contribution in [3.8, 4) is 0 Å². The van der Waals surface area contributed by atoms with Gasteiger partial charge in [0, 0.05) is 24.7 Å². The number of benzene rings is 1. The van der Waals surface area contributed by atoms with E-state index in [0.717, 1.165) is 35.0 Å². The normalized spacial score (nSPS) is 23.0. The number of ether oxygens (including phenoxy) is 1. The molecule has 6 heteroatoms. The van der Waals surface area contributed by atoms with Gasteiger partial charge in [0.05, 0.1) is 24.2 Å². The van der Waals surface area contributed by atoms with Crippen LogP contribution < -0.4 is 0 Å². The van der Waals surface area contributed by atoms with Gasteiger partial charge >= 0.3 is 6.09 Å². The maximum Gasteiger partial charge on any atom is 0.410 e. The first kappa shape index (κ1) is 16.8. The summed E-state index contributed by atoms with van der Waals surface area (Å²) in [4.78, 5) is 33.2. The number of likely N-dealkylation sites (tertiary alicyclic amines) is 1. The van der Waals surface area contributed by atoms with Crippen LogP contribution in [0.3, 0.4) is 0 Å². The van der Waals surface area contributed by atoms with Crippen LogP contribution in [0.5, 0.6) is 0 Å². The Hall–Kier alpha value is -2.63. The first-order valence-electron chi connectivity index (χ1n) is 8.99. The van der Waals surface area contributed by atoms with E-state index in [1.54, 1.807) is 11.9 Å². The Balaban J connectivity index is 1.69. The van der Waals surface area contributed by atoms with Gasteiger partial charge in [0.15, 0.2) is 0 Å². The summed E-state index contributed by atoms with van der Waals surface area (Å²) in [5, 5.41) is 0.876. The van der Waals surface area contributed by atoms with Gasteiger partial charge in [0.1, 0.15) is 5.60 Å². The smallest absolute Gasteiger partial charge is 0.410 e. The standard InChI is InChI=1S/C20H23N3O3/c1-13-6-4-7-15-16(10-14(2)21-17(13)15)18(24)23-9-5-8-20(12-23)11-22(3)19(25)26-20/h4,6-7,10H,5,8-9,11-12H2,1-3H3/t20-/m1/s1. The SMILES string of the molecule is Cc1cc(C(=O)N2CCC[C@@]3(CN(C)C(=O)O3)C2)c2cccc(C)c2n1. The number of aromatic nitrogens is 1. The van der Waals surface area contributed by atoms with Crippen LogP contribution >= 0.6 is 0 Å². The predicted octanol–water partition coefficient (Wildman–Crippen LogP) is 2.91. The number of fused-ring (bicyclic) bond motifs is 1. The third kappa shape index (κ3) is 2.69. The number of carbonyl (C=O) groups is 2. The zero-order valence-corrected chi connectivity index (χ0v) is 15.4. The van der Waals surface area contributed by atoms with Gasteiger partial charge in [-0.15, -0.1) is 0 Å². The summed E-state index contributed by atoms with van der Waals surface area (Å²) >= 11 is 0. The van der Waals surface area contributed by atoms with Gasteiger partial charge in [-0.1, -0.05) is 18.2 Å². The molecule has 6 nitrogen and oxygen atoms in total. The minimum atomic E-state index is -0.576. The molecule has 1 atom stereocenters. The third-order valence-corrected chi connectivity index (χ3v) is 5.37. The Labute approximate surface area is 152 Å². The largest absolute Gasteiger partial charge is 0.439 e. The lowest BCUT2D eigenvalue weighted by Crippen LogP contribution is -2.52. The molecule has 26 heavy (non-hydrogen) atoms. The molecule has 2 aliphatic rings. The van der Waals surface area contributed by atoms with E-state index in [0.29, 0.717) is 25.2 Å². The molecule has 3 heterocycles. The number of aryl methyl sites for hydroxylation is 2. The van der Waals surface area contributed by atoms with Crippen molar-refractivity contribution in [2.45, 2.75) is 32.3 Å². The summed E-state index contributed by atoms with van der Waals surface area (Å²) in [6, 6.07) is 7.77. The number of para-hydroxylation sites is 1. The van der Waals surface area contributed by atoms with Gasteiger partial charge in [0.25, 0.3) is 5.91 Å². The van der Waals surface area contributed by atoms with E-state index in [1.807, 2.05) is 43.0 Å². The summed E-state index contributed by atoms with van der Waals surface area (Å²) < 4.78 is 5.63. The van der Waals surface area contributed by atoms with Crippen LogP contribution in [0.1, 0.15) is 34.5 Å². The summed E-state index contributed by atoms with van der Waals surface area (Å²) in [5.74, 6) is -0.0178. The number of hydrogen-bond acceptors (Lipinski definition) is 4. The van der Waals surface area contributed by atoms with E-state index in [4.69, 9.17) is 4.74 Å². The van der Waals surface area contributed by atoms with Gasteiger partial charge in [-0.25, -0.2) is 4.79 Å². The van der Waals surface area contributed by atoms with Crippen LogP contribution in [0.4, 0.5) is 4.79 Å². The van der Waals surface area contributed by atoms with Gasteiger partial charge < -0.3 is 14.5 Å². The molecule has 136 valence electrons. The van der Waals surface area contributed by atoms with Gasteiger partial charge in [-0.3, -0.25) is 9.78 Å². The van der Waals surface area contributed by atoms with Crippen LogP contribution in [0, 0.1) is 13.8 Å². The number of nitrogens with zero attached hydrogens (tertiary/aromatic N) is 3. The topological polar surface area (TPSA) is 62.7 Å². The lowest BCUT2D eigenvalue weighted by atomic mass is 9.92. The lowest BCUT2D eigenvalue weighted by Gasteiger charge is -2.38. The quantitative estimate of drug-likeness (QED) is 0.791. The molecule has 2 aromatic rings. The van der Waals surface area contributed by atoms with Crippen LogP contribution in [-0.4, -0.2) is 59.1 Å². The maximum absolute atomic E-state index is 13.3. The summed E-state index contributed by atoms with van der Waals surface area (Å²) in [6.45, 7) is 5.57. The van der Waals surface area contributed by atoms with Crippen molar-refractivity contribution in [3.63, 3.8) is 0 Å². The van der Waals surface area contributed by atoms with Crippen molar-refractivity contribution in [1.82, 2.24) is 14.8 Å². The summed E-state index contributed by atoms with van der Waals surface area (Å²) in [7, 11) is 1.74. The highest BCUT2D eigenvalue weighted by Crippen LogP contribution is 2.33. The number of amides is 2. The molecule has 0 aliphatic carbocycles. The maximum atomic E-state index is 13.3. The van der Waals surface area contributed by atoms with E-state index in [-0.39, 0.29) is 12.0 Å². The van der Waals surface area contributed by atoms with E-state index < -0.39 is 5.60 Å². The Morgan fingerprint density at radius 2 is 2.08 bits per heavy atom. The van der Waals surface area contributed by atoms with Crippen molar-refractivity contribution < 1.29 is 14.3 Å².